The van der Waals surface area contributed by atoms with Crippen LogP contribution >= 0.6 is 15.9 Å². The van der Waals surface area contributed by atoms with Gasteiger partial charge in [0.25, 0.3) is 0 Å². The fourth-order valence-corrected chi connectivity index (χ4v) is 1.60. The lowest BCUT2D eigenvalue weighted by molar-refractivity contribution is 0.581. The zero-order chi connectivity index (χ0) is 13.1. The number of halogens is 3. The van der Waals surface area contributed by atoms with Gasteiger partial charge in [-0.1, -0.05) is 0 Å². The molecule has 0 amide bonds. The largest absolute Gasteiger partial charge is 0.335 e. The fourth-order valence-electron chi connectivity index (χ4n) is 1.26. The second-order valence-corrected chi connectivity index (χ2v) is 4.13. The molecule has 90 valence electrons. The number of benzene rings is 1. The van der Waals surface area contributed by atoms with E-state index >= 15 is 0 Å². The quantitative estimate of drug-likeness (QED) is 0.866. The van der Waals surface area contributed by atoms with Crippen LogP contribution in [-0.4, -0.2) is 10.2 Å². The minimum absolute atomic E-state index is 0.000255. The average molecular weight is 311 g/mol. The van der Waals surface area contributed by atoms with E-state index in [1.165, 1.54) is 18.3 Å². The monoisotopic (exact) mass is 310 g/mol. The summed E-state index contributed by atoms with van der Waals surface area (Å²) < 4.78 is 26.7. The number of rotatable bonds is 2. The van der Waals surface area contributed by atoms with E-state index in [9.17, 15) is 8.78 Å². The van der Waals surface area contributed by atoms with Crippen LogP contribution in [0.2, 0.25) is 0 Å². The Morgan fingerprint density at radius 1 is 1.28 bits per heavy atom. The number of nitrogens with zero attached hydrogens (tertiary/aromatic N) is 3. The van der Waals surface area contributed by atoms with Crippen molar-refractivity contribution in [2.45, 2.75) is 0 Å². The number of aromatic nitrogens is 2. The molecule has 7 heteroatoms. The molecular weight excluding hydrogens is 306 g/mol. The second kappa shape index (κ2) is 5.06. The third-order valence-electron chi connectivity index (χ3n) is 2.10. The van der Waals surface area contributed by atoms with E-state index in [1.807, 2.05) is 6.07 Å². The van der Waals surface area contributed by atoms with Gasteiger partial charge in [0.1, 0.15) is 17.7 Å². The number of nitriles is 1. The van der Waals surface area contributed by atoms with Gasteiger partial charge in [-0.15, -0.1) is 5.10 Å². The molecule has 1 aromatic heterocycles. The van der Waals surface area contributed by atoms with E-state index in [-0.39, 0.29) is 21.5 Å². The molecule has 0 aliphatic heterocycles. The van der Waals surface area contributed by atoms with Gasteiger partial charge < -0.3 is 5.32 Å². The lowest BCUT2D eigenvalue weighted by Crippen LogP contribution is -2.01. The Labute approximate surface area is 109 Å². The first kappa shape index (κ1) is 12.4. The molecule has 2 aromatic rings. The lowest BCUT2D eigenvalue weighted by atomic mass is 10.2. The molecule has 0 fully saturated rings. The summed E-state index contributed by atoms with van der Waals surface area (Å²) in [5.41, 5.74) is 0.213. The third kappa shape index (κ3) is 2.43. The van der Waals surface area contributed by atoms with Crippen LogP contribution in [0.3, 0.4) is 0 Å². The van der Waals surface area contributed by atoms with E-state index in [1.54, 1.807) is 0 Å². The number of nitrogens with one attached hydrogen (secondary N) is 1. The topological polar surface area (TPSA) is 61.6 Å². The maximum Gasteiger partial charge on any atom is 0.171 e. The highest BCUT2D eigenvalue weighted by atomic mass is 79.9. The third-order valence-corrected chi connectivity index (χ3v) is 2.71. The van der Waals surface area contributed by atoms with Gasteiger partial charge >= 0.3 is 0 Å². The van der Waals surface area contributed by atoms with Crippen LogP contribution in [0.15, 0.2) is 28.9 Å². The Morgan fingerprint density at radius 2 is 2.06 bits per heavy atom. The van der Waals surface area contributed by atoms with Crippen molar-refractivity contribution in [3.05, 3.63) is 46.1 Å². The van der Waals surface area contributed by atoms with Crippen molar-refractivity contribution >= 4 is 27.4 Å². The first-order valence-electron chi connectivity index (χ1n) is 4.75. The van der Waals surface area contributed by atoms with Crippen LogP contribution in [-0.2, 0) is 0 Å². The molecule has 18 heavy (non-hydrogen) atoms. The van der Waals surface area contributed by atoms with E-state index in [0.717, 1.165) is 6.07 Å². The molecule has 0 aliphatic carbocycles. The second-order valence-electron chi connectivity index (χ2n) is 3.28. The van der Waals surface area contributed by atoms with Gasteiger partial charge in [0, 0.05) is 6.07 Å². The SMILES string of the molecule is N#Cc1ccnnc1Nc1cc(Br)c(F)cc1F. The number of anilines is 2. The number of hydrogen-bond donors (Lipinski definition) is 1. The fraction of sp³-hybridized carbons (Fsp3) is 0. The predicted molar refractivity (Wildman–Crippen MR) is 64.1 cm³/mol. The molecule has 2 rings (SSSR count). The summed E-state index contributed by atoms with van der Waals surface area (Å²) in [5, 5.41) is 18.7. The molecule has 1 aromatic carbocycles. The summed E-state index contributed by atoms with van der Waals surface area (Å²) in [6.45, 7) is 0. The van der Waals surface area contributed by atoms with Gasteiger partial charge in [-0.25, -0.2) is 8.78 Å². The highest BCUT2D eigenvalue weighted by molar-refractivity contribution is 9.10. The highest BCUT2D eigenvalue weighted by Crippen LogP contribution is 2.26. The zero-order valence-electron chi connectivity index (χ0n) is 8.78. The Balaban J connectivity index is 2.41. The summed E-state index contributed by atoms with van der Waals surface area (Å²) in [6, 6.07) is 5.28. The Morgan fingerprint density at radius 3 is 2.78 bits per heavy atom. The van der Waals surface area contributed by atoms with E-state index in [2.05, 4.69) is 31.4 Å². The summed E-state index contributed by atoms with van der Waals surface area (Å²) in [5.74, 6) is -1.39. The molecule has 0 bridgehead atoms. The minimum atomic E-state index is -0.787. The predicted octanol–water partition coefficient (Wildman–Crippen LogP) is 3.13. The maximum atomic E-state index is 13.5. The highest BCUT2D eigenvalue weighted by Gasteiger charge is 2.11. The van der Waals surface area contributed by atoms with Crippen molar-refractivity contribution in [1.82, 2.24) is 10.2 Å². The maximum absolute atomic E-state index is 13.5. The van der Waals surface area contributed by atoms with Gasteiger partial charge in [0.15, 0.2) is 5.82 Å². The molecule has 0 saturated heterocycles. The summed E-state index contributed by atoms with van der Waals surface area (Å²) >= 11 is 2.95. The zero-order valence-corrected chi connectivity index (χ0v) is 10.4. The molecule has 0 aliphatic rings. The molecule has 4 nitrogen and oxygen atoms in total. The van der Waals surface area contributed by atoms with Crippen molar-refractivity contribution < 1.29 is 8.78 Å². The molecule has 0 radical (unpaired) electrons. The Bertz CT molecular complexity index is 639. The first-order valence-corrected chi connectivity index (χ1v) is 5.54. The van der Waals surface area contributed by atoms with Crippen molar-refractivity contribution in [3.63, 3.8) is 0 Å². The van der Waals surface area contributed by atoms with E-state index in [4.69, 9.17) is 5.26 Å². The molecule has 0 saturated carbocycles. The van der Waals surface area contributed by atoms with Gasteiger partial charge in [0.2, 0.25) is 0 Å². The normalized spacial score (nSPS) is 9.89. The Hall–Kier alpha value is -2.07. The van der Waals surface area contributed by atoms with Crippen LogP contribution in [0, 0.1) is 23.0 Å². The molecule has 0 atom stereocenters. The first-order chi connectivity index (χ1) is 8.61. The van der Waals surface area contributed by atoms with Gasteiger partial charge in [0.05, 0.1) is 21.9 Å². The molecule has 1 N–H and O–H groups in total. The Kier molecular flexibility index (Phi) is 3.48. The van der Waals surface area contributed by atoms with Crippen LogP contribution < -0.4 is 5.32 Å². The number of hydrogen-bond acceptors (Lipinski definition) is 4. The lowest BCUT2D eigenvalue weighted by Gasteiger charge is -2.08. The summed E-state index contributed by atoms with van der Waals surface area (Å²) in [4.78, 5) is 0. The van der Waals surface area contributed by atoms with Crippen LogP contribution in [0.1, 0.15) is 5.56 Å². The molecule has 0 spiro atoms. The summed E-state index contributed by atoms with van der Waals surface area (Å²) in [6.07, 6.45) is 1.35. The van der Waals surface area contributed by atoms with Crippen LogP contribution in [0.4, 0.5) is 20.3 Å². The average Bonchev–Trinajstić information content (AvgIpc) is 2.36. The van der Waals surface area contributed by atoms with Crippen molar-refractivity contribution in [3.8, 4) is 6.07 Å². The van der Waals surface area contributed by atoms with Crippen LogP contribution in [0.5, 0.6) is 0 Å². The smallest absolute Gasteiger partial charge is 0.171 e. The standard InChI is InChI=1S/C11H5BrF2N4/c12-7-3-10(9(14)4-8(7)13)17-11-6(5-15)1-2-16-18-11/h1-4H,(H,17,18). The van der Waals surface area contributed by atoms with Crippen molar-refractivity contribution in [2.24, 2.45) is 0 Å². The van der Waals surface area contributed by atoms with Gasteiger partial charge in [-0.2, -0.15) is 10.4 Å². The van der Waals surface area contributed by atoms with E-state index < -0.39 is 11.6 Å². The van der Waals surface area contributed by atoms with Gasteiger partial charge in [-0.3, -0.25) is 0 Å². The minimum Gasteiger partial charge on any atom is -0.335 e. The molecule has 1 heterocycles. The van der Waals surface area contributed by atoms with Crippen LogP contribution in [0.25, 0.3) is 0 Å². The summed E-state index contributed by atoms with van der Waals surface area (Å²) in [7, 11) is 0. The van der Waals surface area contributed by atoms with Crippen molar-refractivity contribution in [2.75, 3.05) is 5.32 Å². The van der Waals surface area contributed by atoms with E-state index in [0.29, 0.717) is 0 Å². The molecular formula is C11H5BrF2N4. The van der Waals surface area contributed by atoms with Gasteiger partial charge in [-0.05, 0) is 28.1 Å². The van der Waals surface area contributed by atoms with Crippen molar-refractivity contribution in [1.29, 1.82) is 5.26 Å². The molecule has 0 unspecified atom stereocenters.